The molecular formula is C19H22N2O3S. The molecule has 1 unspecified atom stereocenters. The van der Waals surface area contributed by atoms with E-state index in [1.54, 1.807) is 11.0 Å². The molecule has 0 N–H and O–H groups in total. The highest BCUT2D eigenvalue weighted by Gasteiger charge is 2.20. The lowest BCUT2D eigenvalue weighted by Crippen LogP contribution is -2.35. The summed E-state index contributed by atoms with van der Waals surface area (Å²) in [6, 6.07) is 9.92. The van der Waals surface area contributed by atoms with Crippen LogP contribution in [0.2, 0.25) is 0 Å². The number of thiazole rings is 1. The Balaban J connectivity index is 1.62. The SMILES string of the molecule is C=CCN(C(=O)COCC1CCCO1)c1nc(-c2ccccc2)cs1. The van der Waals surface area contributed by atoms with Crippen LogP contribution >= 0.6 is 11.3 Å². The van der Waals surface area contributed by atoms with Gasteiger partial charge in [0.25, 0.3) is 5.91 Å². The zero-order valence-electron chi connectivity index (χ0n) is 14.1. The van der Waals surface area contributed by atoms with E-state index in [-0.39, 0.29) is 18.6 Å². The minimum atomic E-state index is -0.119. The van der Waals surface area contributed by atoms with Crippen molar-refractivity contribution in [3.8, 4) is 11.3 Å². The van der Waals surface area contributed by atoms with E-state index in [0.717, 1.165) is 30.7 Å². The Morgan fingerprint density at radius 1 is 1.44 bits per heavy atom. The maximum atomic E-state index is 12.5. The molecule has 1 atom stereocenters. The smallest absolute Gasteiger partial charge is 0.255 e. The highest BCUT2D eigenvalue weighted by Crippen LogP contribution is 2.27. The van der Waals surface area contributed by atoms with E-state index in [2.05, 4.69) is 11.6 Å². The van der Waals surface area contributed by atoms with E-state index < -0.39 is 0 Å². The third kappa shape index (κ3) is 4.75. The second-order valence-corrected chi connectivity index (χ2v) is 6.66. The predicted molar refractivity (Wildman–Crippen MR) is 99.9 cm³/mol. The summed E-state index contributed by atoms with van der Waals surface area (Å²) < 4.78 is 11.0. The van der Waals surface area contributed by atoms with Gasteiger partial charge in [-0.25, -0.2) is 4.98 Å². The number of rotatable bonds is 8. The highest BCUT2D eigenvalue weighted by molar-refractivity contribution is 7.14. The molecule has 25 heavy (non-hydrogen) atoms. The minimum Gasteiger partial charge on any atom is -0.376 e. The average molecular weight is 358 g/mol. The Labute approximate surface area is 151 Å². The van der Waals surface area contributed by atoms with E-state index in [0.29, 0.717) is 18.3 Å². The molecule has 6 heteroatoms. The molecule has 1 aromatic heterocycles. The number of benzene rings is 1. The van der Waals surface area contributed by atoms with Gasteiger partial charge >= 0.3 is 0 Å². The Hall–Kier alpha value is -2.02. The third-order valence-corrected chi connectivity index (χ3v) is 4.82. The summed E-state index contributed by atoms with van der Waals surface area (Å²) >= 11 is 1.45. The largest absolute Gasteiger partial charge is 0.376 e. The van der Waals surface area contributed by atoms with Gasteiger partial charge in [0.2, 0.25) is 0 Å². The number of amides is 1. The molecule has 1 aromatic carbocycles. The molecule has 0 bridgehead atoms. The number of anilines is 1. The van der Waals surface area contributed by atoms with Gasteiger partial charge in [-0.05, 0) is 12.8 Å². The third-order valence-electron chi connectivity index (χ3n) is 3.96. The van der Waals surface area contributed by atoms with Crippen molar-refractivity contribution in [1.29, 1.82) is 0 Å². The summed E-state index contributed by atoms with van der Waals surface area (Å²) in [5, 5.41) is 2.62. The van der Waals surface area contributed by atoms with Crippen LogP contribution in [-0.4, -0.2) is 43.4 Å². The standard InChI is InChI=1S/C19H22N2O3S/c1-2-10-21(18(22)13-23-12-16-9-6-11-24-16)19-20-17(14-25-19)15-7-4-3-5-8-15/h2-5,7-8,14,16H,1,6,9-13H2. The molecule has 2 aromatic rings. The maximum absolute atomic E-state index is 12.5. The number of hydrogen-bond acceptors (Lipinski definition) is 5. The van der Waals surface area contributed by atoms with Crippen LogP contribution in [0, 0.1) is 0 Å². The topological polar surface area (TPSA) is 51.7 Å². The van der Waals surface area contributed by atoms with Crippen molar-refractivity contribution in [1.82, 2.24) is 4.98 Å². The fourth-order valence-electron chi connectivity index (χ4n) is 2.68. The first-order valence-electron chi connectivity index (χ1n) is 8.39. The van der Waals surface area contributed by atoms with E-state index in [1.165, 1.54) is 11.3 Å². The molecule has 0 aliphatic carbocycles. The maximum Gasteiger partial charge on any atom is 0.255 e. The fourth-order valence-corrected chi connectivity index (χ4v) is 3.54. The lowest BCUT2D eigenvalue weighted by molar-refractivity contribution is -0.124. The van der Waals surface area contributed by atoms with Crippen LogP contribution in [0.5, 0.6) is 0 Å². The predicted octanol–water partition coefficient (Wildman–Crippen LogP) is 3.52. The number of ether oxygens (including phenoxy) is 2. The summed E-state index contributed by atoms with van der Waals surface area (Å²) in [5.74, 6) is -0.119. The molecule has 5 nitrogen and oxygen atoms in total. The van der Waals surface area contributed by atoms with Crippen LogP contribution in [-0.2, 0) is 14.3 Å². The van der Waals surface area contributed by atoms with Gasteiger partial charge in [0.15, 0.2) is 5.13 Å². The van der Waals surface area contributed by atoms with Gasteiger partial charge in [-0.15, -0.1) is 17.9 Å². The molecule has 1 amide bonds. The Bertz CT molecular complexity index is 696. The molecule has 1 aliphatic rings. The number of carbonyl (C=O) groups is 1. The summed E-state index contributed by atoms with van der Waals surface area (Å²) in [6.45, 7) is 5.41. The summed E-state index contributed by atoms with van der Waals surface area (Å²) in [7, 11) is 0. The Kier molecular flexibility index (Phi) is 6.33. The van der Waals surface area contributed by atoms with Crippen LogP contribution in [0.4, 0.5) is 5.13 Å². The van der Waals surface area contributed by atoms with Gasteiger partial charge in [0.1, 0.15) is 6.61 Å². The second kappa shape index (κ2) is 8.89. The molecule has 0 spiro atoms. The van der Waals surface area contributed by atoms with Gasteiger partial charge in [-0.2, -0.15) is 0 Å². The van der Waals surface area contributed by atoms with Crippen molar-refractivity contribution in [2.75, 3.05) is 31.3 Å². The second-order valence-electron chi connectivity index (χ2n) is 5.82. The average Bonchev–Trinajstić information content (AvgIpc) is 3.32. The van der Waals surface area contributed by atoms with Crippen molar-refractivity contribution in [3.05, 3.63) is 48.4 Å². The molecule has 0 radical (unpaired) electrons. The highest BCUT2D eigenvalue weighted by atomic mass is 32.1. The molecule has 0 saturated carbocycles. The van der Waals surface area contributed by atoms with Crippen LogP contribution < -0.4 is 4.90 Å². The van der Waals surface area contributed by atoms with E-state index in [9.17, 15) is 4.79 Å². The van der Waals surface area contributed by atoms with Gasteiger partial charge in [0.05, 0.1) is 18.4 Å². The van der Waals surface area contributed by atoms with Crippen molar-refractivity contribution < 1.29 is 14.3 Å². The van der Waals surface area contributed by atoms with Crippen molar-refractivity contribution >= 4 is 22.4 Å². The summed E-state index contributed by atoms with van der Waals surface area (Å²) in [6.07, 6.45) is 3.87. The van der Waals surface area contributed by atoms with Gasteiger partial charge in [-0.1, -0.05) is 36.4 Å². The zero-order chi connectivity index (χ0) is 17.5. The molecule has 1 aliphatic heterocycles. The molecular weight excluding hydrogens is 336 g/mol. The molecule has 132 valence electrons. The van der Waals surface area contributed by atoms with Gasteiger partial charge < -0.3 is 9.47 Å². The van der Waals surface area contributed by atoms with E-state index in [1.807, 2.05) is 35.7 Å². The first-order chi connectivity index (χ1) is 12.3. The number of hydrogen-bond donors (Lipinski definition) is 0. The van der Waals surface area contributed by atoms with Crippen LogP contribution in [0.3, 0.4) is 0 Å². The minimum absolute atomic E-state index is 0.0218. The lowest BCUT2D eigenvalue weighted by Gasteiger charge is -2.18. The lowest BCUT2D eigenvalue weighted by atomic mass is 10.2. The van der Waals surface area contributed by atoms with Gasteiger partial charge in [-0.3, -0.25) is 9.69 Å². The number of carbonyl (C=O) groups excluding carboxylic acids is 1. The van der Waals surface area contributed by atoms with Crippen LogP contribution in [0.1, 0.15) is 12.8 Å². The monoisotopic (exact) mass is 358 g/mol. The summed E-state index contributed by atoms with van der Waals surface area (Å²) in [4.78, 5) is 18.7. The molecule has 1 fully saturated rings. The van der Waals surface area contributed by atoms with Crippen molar-refractivity contribution in [2.24, 2.45) is 0 Å². The van der Waals surface area contributed by atoms with Gasteiger partial charge in [0, 0.05) is 24.1 Å². The first-order valence-corrected chi connectivity index (χ1v) is 9.27. The fraction of sp³-hybridized carbons (Fsp3) is 0.368. The number of aromatic nitrogens is 1. The van der Waals surface area contributed by atoms with Crippen LogP contribution in [0.15, 0.2) is 48.4 Å². The van der Waals surface area contributed by atoms with Crippen LogP contribution in [0.25, 0.3) is 11.3 Å². The van der Waals surface area contributed by atoms with E-state index >= 15 is 0 Å². The Morgan fingerprint density at radius 2 is 2.28 bits per heavy atom. The zero-order valence-corrected chi connectivity index (χ0v) is 14.9. The molecule has 3 rings (SSSR count). The molecule has 2 heterocycles. The quantitative estimate of drug-likeness (QED) is 0.678. The molecule has 1 saturated heterocycles. The van der Waals surface area contributed by atoms with Crippen molar-refractivity contribution in [2.45, 2.75) is 18.9 Å². The normalized spacial score (nSPS) is 16.7. The van der Waals surface area contributed by atoms with Crippen molar-refractivity contribution in [3.63, 3.8) is 0 Å². The number of nitrogens with zero attached hydrogens (tertiary/aromatic N) is 2. The summed E-state index contributed by atoms with van der Waals surface area (Å²) in [5.41, 5.74) is 1.90. The Morgan fingerprint density at radius 3 is 3.00 bits per heavy atom. The van der Waals surface area contributed by atoms with E-state index in [4.69, 9.17) is 9.47 Å². The first kappa shape index (κ1) is 17.8.